The van der Waals surface area contributed by atoms with E-state index >= 15 is 0 Å². The predicted octanol–water partition coefficient (Wildman–Crippen LogP) is 2.80. The van der Waals surface area contributed by atoms with Crippen LogP contribution in [0.25, 0.3) is 0 Å². The van der Waals surface area contributed by atoms with Gasteiger partial charge in [-0.25, -0.2) is 9.68 Å². The summed E-state index contributed by atoms with van der Waals surface area (Å²) < 4.78 is 4.48. The third-order valence-corrected chi connectivity index (χ3v) is 2.18. The Bertz CT molecular complexity index is 220. The smallest absolute Gasteiger partial charge is 0.450 e. The fourth-order valence-corrected chi connectivity index (χ4v) is 0.531. The van der Waals surface area contributed by atoms with Crippen LogP contribution in [0.4, 0.5) is 4.79 Å². The van der Waals surface area contributed by atoms with Crippen LogP contribution in [0.1, 0.15) is 41.5 Å². The van der Waals surface area contributed by atoms with Crippen molar-refractivity contribution in [2.24, 2.45) is 5.92 Å². The molecule has 0 aromatic carbocycles. The first-order valence-electron chi connectivity index (χ1n) is 4.85. The number of hydrogen-bond acceptors (Lipinski definition) is 4. The van der Waals surface area contributed by atoms with Crippen molar-refractivity contribution < 1.29 is 24.4 Å². The average Bonchev–Trinajstić information content (AvgIpc) is 1.98. The predicted molar refractivity (Wildman–Crippen MR) is 54.3 cm³/mol. The summed E-state index contributed by atoms with van der Waals surface area (Å²) in [5.74, 6) is -1.07. The summed E-state index contributed by atoms with van der Waals surface area (Å²) in [5, 5.41) is 8.43. The highest BCUT2D eigenvalue weighted by Gasteiger charge is 2.31. The van der Waals surface area contributed by atoms with E-state index in [1.54, 1.807) is 0 Å². The lowest BCUT2D eigenvalue weighted by molar-refractivity contribution is -0.448. The minimum atomic E-state index is -1.40. The van der Waals surface area contributed by atoms with Crippen LogP contribution in [-0.2, 0) is 14.5 Å². The maximum absolute atomic E-state index is 10.3. The topological polar surface area (TPSA) is 65.0 Å². The van der Waals surface area contributed by atoms with Crippen LogP contribution in [0, 0.1) is 5.92 Å². The van der Waals surface area contributed by atoms with Crippen LogP contribution in [0.5, 0.6) is 0 Å². The van der Waals surface area contributed by atoms with E-state index in [4.69, 9.17) is 14.9 Å². The van der Waals surface area contributed by atoms with E-state index in [2.05, 4.69) is 4.74 Å². The van der Waals surface area contributed by atoms with Crippen LogP contribution in [0.3, 0.4) is 0 Å². The normalized spacial score (nSPS) is 13.0. The highest BCUT2D eigenvalue weighted by molar-refractivity contribution is 5.57. The first-order chi connectivity index (χ1) is 6.57. The number of hydrogen-bond donors (Lipinski definition) is 1. The molecular formula is C10H20O5. The Morgan fingerprint density at radius 1 is 1.13 bits per heavy atom. The van der Waals surface area contributed by atoms with Gasteiger partial charge < -0.3 is 9.84 Å². The minimum absolute atomic E-state index is 0.234. The molecule has 0 aliphatic rings. The Balaban J connectivity index is 4.19. The van der Waals surface area contributed by atoms with Gasteiger partial charge in [-0.3, -0.25) is 0 Å². The van der Waals surface area contributed by atoms with E-state index in [1.165, 1.54) is 13.8 Å². The zero-order valence-corrected chi connectivity index (χ0v) is 10.2. The van der Waals surface area contributed by atoms with E-state index < -0.39 is 17.5 Å². The fourth-order valence-electron chi connectivity index (χ4n) is 0.531. The fraction of sp³-hybridized carbons (Fsp3) is 0.900. The minimum Gasteiger partial charge on any atom is -0.450 e. The SMILES string of the molecule is CC(C)C(C)(C)OOC(C)(C)OC(=O)O. The highest BCUT2D eigenvalue weighted by atomic mass is 17.2. The van der Waals surface area contributed by atoms with Gasteiger partial charge in [0.05, 0.1) is 0 Å². The molecule has 0 rings (SSSR count). The molecule has 0 atom stereocenters. The van der Waals surface area contributed by atoms with Crippen molar-refractivity contribution in [3.05, 3.63) is 0 Å². The lowest BCUT2D eigenvalue weighted by Crippen LogP contribution is -2.38. The largest absolute Gasteiger partial charge is 0.508 e. The monoisotopic (exact) mass is 220 g/mol. The Morgan fingerprint density at radius 2 is 1.60 bits per heavy atom. The average molecular weight is 220 g/mol. The molecule has 0 aliphatic carbocycles. The molecule has 0 saturated heterocycles. The van der Waals surface area contributed by atoms with Gasteiger partial charge in [-0.05, 0) is 19.8 Å². The molecule has 0 saturated carbocycles. The number of carbonyl (C=O) groups is 1. The van der Waals surface area contributed by atoms with Crippen LogP contribution in [-0.4, -0.2) is 22.7 Å². The zero-order chi connectivity index (χ0) is 12.3. The maximum atomic E-state index is 10.3. The molecule has 90 valence electrons. The quantitative estimate of drug-likeness (QED) is 0.334. The molecule has 0 amide bonds. The lowest BCUT2D eigenvalue weighted by Gasteiger charge is -2.31. The van der Waals surface area contributed by atoms with Gasteiger partial charge in [-0.2, -0.15) is 4.89 Å². The van der Waals surface area contributed by atoms with E-state index in [-0.39, 0.29) is 5.92 Å². The van der Waals surface area contributed by atoms with Crippen molar-refractivity contribution in [3.8, 4) is 0 Å². The number of rotatable bonds is 5. The molecule has 0 radical (unpaired) electrons. The summed E-state index contributed by atoms with van der Waals surface area (Å²) in [6.45, 7) is 10.6. The third-order valence-electron chi connectivity index (χ3n) is 2.18. The van der Waals surface area contributed by atoms with E-state index in [1.807, 2.05) is 27.7 Å². The Morgan fingerprint density at radius 3 is 1.93 bits per heavy atom. The van der Waals surface area contributed by atoms with E-state index in [0.717, 1.165) is 0 Å². The van der Waals surface area contributed by atoms with Crippen molar-refractivity contribution >= 4 is 6.16 Å². The molecule has 0 fully saturated rings. The molecule has 5 nitrogen and oxygen atoms in total. The molecule has 0 aromatic rings. The molecule has 5 heteroatoms. The first-order valence-corrected chi connectivity index (χ1v) is 4.85. The van der Waals surface area contributed by atoms with Crippen molar-refractivity contribution in [3.63, 3.8) is 0 Å². The second-order valence-corrected chi connectivity index (χ2v) is 4.69. The zero-order valence-electron chi connectivity index (χ0n) is 10.2. The molecule has 0 aliphatic heterocycles. The summed E-state index contributed by atoms with van der Waals surface area (Å²) in [6.07, 6.45) is -1.40. The molecule has 0 unspecified atom stereocenters. The second kappa shape index (κ2) is 4.81. The Kier molecular flexibility index (Phi) is 4.55. The molecule has 0 bridgehead atoms. The maximum Gasteiger partial charge on any atom is 0.508 e. The van der Waals surface area contributed by atoms with Gasteiger partial charge in [0, 0.05) is 13.8 Å². The molecule has 0 aromatic heterocycles. The van der Waals surface area contributed by atoms with Gasteiger partial charge in [-0.15, -0.1) is 0 Å². The van der Waals surface area contributed by atoms with Crippen LogP contribution >= 0.6 is 0 Å². The molecule has 0 spiro atoms. The van der Waals surface area contributed by atoms with Crippen LogP contribution < -0.4 is 0 Å². The van der Waals surface area contributed by atoms with Crippen LogP contribution in [0.2, 0.25) is 0 Å². The van der Waals surface area contributed by atoms with Crippen molar-refractivity contribution in [1.29, 1.82) is 0 Å². The number of carboxylic acid groups (broad SMARTS) is 1. The Labute approximate surface area is 90.2 Å². The first kappa shape index (κ1) is 14.2. The van der Waals surface area contributed by atoms with Crippen LogP contribution in [0.15, 0.2) is 0 Å². The van der Waals surface area contributed by atoms with Gasteiger partial charge in [0.1, 0.15) is 5.60 Å². The standard InChI is InChI=1S/C10H20O5/c1-7(2)9(3,4)14-15-10(5,6)13-8(11)12/h7H,1-6H3,(H,11,12). The van der Waals surface area contributed by atoms with Crippen molar-refractivity contribution in [2.45, 2.75) is 52.9 Å². The summed E-state index contributed by atoms with van der Waals surface area (Å²) in [7, 11) is 0. The highest BCUT2D eigenvalue weighted by Crippen LogP contribution is 2.24. The van der Waals surface area contributed by atoms with Crippen molar-refractivity contribution in [1.82, 2.24) is 0 Å². The molecule has 15 heavy (non-hydrogen) atoms. The summed E-state index contributed by atoms with van der Waals surface area (Å²) in [4.78, 5) is 20.4. The Hall–Kier alpha value is -0.810. The third kappa shape index (κ3) is 5.59. The summed E-state index contributed by atoms with van der Waals surface area (Å²) in [6, 6.07) is 0. The van der Waals surface area contributed by atoms with Gasteiger partial charge in [-0.1, -0.05) is 13.8 Å². The second-order valence-electron chi connectivity index (χ2n) is 4.69. The summed E-state index contributed by atoms with van der Waals surface area (Å²) in [5.41, 5.74) is -0.501. The van der Waals surface area contributed by atoms with Gasteiger partial charge in [0.2, 0.25) is 5.79 Å². The number of ether oxygens (including phenoxy) is 1. The summed E-state index contributed by atoms with van der Waals surface area (Å²) >= 11 is 0. The van der Waals surface area contributed by atoms with Crippen molar-refractivity contribution in [2.75, 3.05) is 0 Å². The van der Waals surface area contributed by atoms with Gasteiger partial charge in [0.15, 0.2) is 0 Å². The van der Waals surface area contributed by atoms with E-state index in [9.17, 15) is 4.79 Å². The van der Waals surface area contributed by atoms with Gasteiger partial charge >= 0.3 is 6.16 Å². The van der Waals surface area contributed by atoms with E-state index in [0.29, 0.717) is 0 Å². The molecule has 0 heterocycles. The lowest BCUT2D eigenvalue weighted by atomic mass is 9.95. The molecule has 1 N–H and O–H groups in total. The van der Waals surface area contributed by atoms with Gasteiger partial charge in [0.25, 0.3) is 0 Å². The molecular weight excluding hydrogens is 200 g/mol.